The second-order valence-corrected chi connectivity index (χ2v) is 5.55. The van der Waals surface area contributed by atoms with Gasteiger partial charge in [0.05, 0.1) is 5.92 Å². The second-order valence-electron chi connectivity index (χ2n) is 5.07. The Morgan fingerprint density at radius 2 is 1.95 bits per heavy atom. The van der Waals surface area contributed by atoms with E-state index in [2.05, 4.69) is 0 Å². The molecule has 0 heterocycles. The third-order valence-corrected chi connectivity index (χ3v) is 4.02. The van der Waals surface area contributed by atoms with Crippen LogP contribution in [0, 0.1) is 11.3 Å². The zero-order chi connectivity index (χ0) is 14.0. The molecule has 1 aromatic carbocycles. The van der Waals surface area contributed by atoms with Crippen molar-refractivity contribution in [1.29, 1.82) is 0 Å². The van der Waals surface area contributed by atoms with E-state index >= 15 is 0 Å². The number of Topliss-reactive ketones (excluding diaryl/α,β-unsaturated/α-hetero) is 1. The average molecular weight is 279 g/mol. The Bertz CT molecular complexity index is 536. The number of carboxylic acids is 1. The lowest BCUT2D eigenvalue weighted by atomic mass is 9.66. The third-order valence-electron chi connectivity index (χ3n) is 3.73. The largest absolute Gasteiger partial charge is 0.481 e. The lowest BCUT2D eigenvalue weighted by molar-refractivity contribution is -0.145. The maximum atomic E-state index is 12.6. The lowest BCUT2D eigenvalue weighted by Gasteiger charge is -2.36. The van der Waals surface area contributed by atoms with Crippen LogP contribution in [0.5, 0.6) is 0 Å². The normalized spacial score (nSPS) is 26.6. The van der Waals surface area contributed by atoms with Gasteiger partial charge in [0.25, 0.3) is 0 Å². The minimum atomic E-state index is -0.987. The first kappa shape index (κ1) is 13.8. The molecule has 1 aliphatic rings. The highest BCUT2D eigenvalue weighted by molar-refractivity contribution is 6.30. The highest BCUT2D eigenvalue weighted by Gasteiger charge is 2.47. The maximum Gasteiger partial charge on any atom is 0.307 e. The summed E-state index contributed by atoms with van der Waals surface area (Å²) in [4.78, 5) is 24.0. The Kier molecular flexibility index (Phi) is 3.76. The van der Waals surface area contributed by atoms with Crippen molar-refractivity contribution >= 4 is 23.4 Å². The summed E-state index contributed by atoms with van der Waals surface area (Å²) in [6.45, 7) is 1.69. The van der Waals surface area contributed by atoms with E-state index in [0.717, 1.165) is 0 Å². The highest BCUT2D eigenvalue weighted by atomic mass is 35.5. The molecule has 0 saturated carbocycles. The summed E-state index contributed by atoms with van der Waals surface area (Å²) >= 11 is 6.02. The number of aliphatic carboxylic acids is 1. The molecule has 100 valence electrons. The van der Waals surface area contributed by atoms with E-state index in [1.165, 1.54) is 0 Å². The van der Waals surface area contributed by atoms with Gasteiger partial charge in [-0.05, 0) is 12.8 Å². The molecule has 0 radical (unpaired) electrons. The van der Waals surface area contributed by atoms with Gasteiger partial charge in [-0.1, -0.05) is 54.9 Å². The molecule has 0 amide bonds. The predicted octanol–water partition coefficient (Wildman–Crippen LogP) is 3.49. The zero-order valence-corrected chi connectivity index (χ0v) is 11.4. The monoisotopic (exact) mass is 278 g/mol. The van der Waals surface area contributed by atoms with Crippen molar-refractivity contribution < 1.29 is 14.7 Å². The van der Waals surface area contributed by atoms with Gasteiger partial charge in [-0.25, -0.2) is 0 Å². The zero-order valence-electron chi connectivity index (χ0n) is 10.6. The SMILES string of the molecule is C[C@@]1(C(=O)c2ccccc2)CC(Cl)=CC[C@H]1C(=O)O. The van der Waals surface area contributed by atoms with Crippen LogP contribution >= 0.6 is 11.6 Å². The fraction of sp³-hybridized carbons (Fsp3) is 0.333. The Hall–Kier alpha value is -1.61. The van der Waals surface area contributed by atoms with Gasteiger partial charge < -0.3 is 5.11 Å². The number of carboxylic acid groups (broad SMARTS) is 1. The summed E-state index contributed by atoms with van der Waals surface area (Å²) in [5, 5.41) is 9.89. The van der Waals surface area contributed by atoms with Gasteiger partial charge in [0.1, 0.15) is 0 Å². The van der Waals surface area contributed by atoms with E-state index in [4.69, 9.17) is 11.6 Å². The fourth-order valence-corrected chi connectivity index (χ4v) is 2.95. The van der Waals surface area contributed by atoms with E-state index in [1.54, 1.807) is 37.3 Å². The minimum Gasteiger partial charge on any atom is -0.481 e. The molecule has 19 heavy (non-hydrogen) atoms. The van der Waals surface area contributed by atoms with E-state index in [9.17, 15) is 14.7 Å². The van der Waals surface area contributed by atoms with Gasteiger partial charge in [-0.3, -0.25) is 9.59 Å². The summed E-state index contributed by atoms with van der Waals surface area (Å²) in [7, 11) is 0. The van der Waals surface area contributed by atoms with Crippen molar-refractivity contribution in [2.24, 2.45) is 11.3 Å². The number of halogens is 1. The topological polar surface area (TPSA) is 54.4 Å². The third kappa shape index (κ3) is 2.56. The molecule has 2 rings (SSSR count). The van der Waals surface area contributed by atoms with Crippen LogP contribution in [0.2, 0.25) is 0 Å². The number of rotatable bonds is 3. The van der Waals surface area contributed by atoms with Crippen LogP contribution in [-0.2, 0) is 4.79 Å². The Labute approximate surface area is 116 Å². The molecule has 0 spiro atoms. The molecule has 0 unspecified atom stereocenters. The standard InChI is InChI=1S/C15H15ClO3/c1-15(13(17)10-5-3-2-4-6-10)9-11(16)7-8-12(15)14(18)19/h2-7,12H,8-9H2,1H3,(H,18,19)/t12-,15+/m0/s1. The Balaban J connectivity index is 2.41. The van der Waals surface area contributed by atoms with E-state index < -0.39 is 17.3 Å². The molecule has 0 aliphatic heterocycles. The highest BCUT2D eigenvalue weighted by Crippen LogP contribution is 2.44. The molecule has 0 saturated heterocycles. The van der Waals surface area contributed by atoms with Crippen molar-refractivity contribution in [3.63, 3.8) is 0 Å². The van der Waals surface area contributed by atoms with Crippen LogP contribution in [0.1, 0.15) is 30.1 Å². The average Bonchev–Trinajstić information content (AvgIpc) is 2.38. The van der Waals surface area contributed by atoms with Crippen molar-refractivity contribution in [1.82, 2.24) is 0 Å². The van der Waals surface area contributed by atoms with Crippen molar-refractivity contribution in [2.75, 3.05) is 0 Å². The summed E-state index contributed by atoms with van der Waals surface area (Å²) in [5.41, 5.74) is -0.457. The first-order valence-corrected chi connectivity index (χ1v) is 6.50. The number of carbonyl (C=O) groups excluding carboxylic acids is 1. The van der Waals surface area contributed by atoms with Crippen molar-refractivity contribution in [3.8, 4) is 0 Å². The lowest BCUT2D eigenvalue weighted by Crippen LogP contribution is -2.42. The van der Waals surface area contributed by atoms with Crippen LogP contribution in [0.4, 0.5) is 0 Å². The molecule has 1 N–H and O–H groups in total. The maximum absolute atomic E-state index is 12.6. The van der Waals surface area contributed by atoms with E-state index in [1.807, 2.05) is 6.07 Å². The van der Waals surface area contributed by atoms with Gasteiger partial charge in [-0.2, -0.15) is 0 Å². The molecular formula is C15H15ClO3. The summed E-state index contributed by atoms with van der Waals surface area (Å²) in [5.74, 6) is -1.85. The number of carbonyl (C=O) groups is 2. The quantitative estimate of drug-likeness (QED) is 0.861. The molecule has 2 atom stereocenters. The smallest absolute Gasteiger partial charge is 0.307 e. The van der Waals surface area contributed by atoms with Crippen LogP contribution in [0.3, 0.4) is 0 Å². The number of ketones is 1. The molecule has 1 aliphatic carbocycles. The molecule has 1 aromatic rings. The number of allylic oxidation sites excluding steroid dienone is 2. The predicted molar refractivity (Wildman–Crippen MR) is 73.2 cm³/mol. The van der Waals surface area contributed by atoms with Gasteiger partial charge >= 0.3 is 5.97 Å². The van der Waals surface area contributed by atoms with Gasteiger partial charge in [0.2, 0.25) is 0 Å². The van der Waals surface area contributed by atoms with E-state index in [-0.39, 0.29) is 12.2 Å². The van der Waals surface area contributed by atoms with Crippen molar-refractivity contribution in [2.45, 2.75) is 19.8 Å². The number of hydrogen-bond acceptors (Lipinski definition) is 2. The molecule has 4 heteroatoms. The second kappa shape index (κ2) is 5.17. The fourth-order valence-electron chi connectivity index (χ4n) is 2.58. The van der Waals surface area contributed by atoms with Gasteiger partial charge in [-0.15, -0.1) is 0 Å². The van der Waals surface area contributed by atoms with Gasteiger partial charge in [0.15, 0.2) is 5.78 Å². The summed E-state index contributed by atoms with van der Waals surface area (Å²) < 4.78 is 0. The summed E-state index contributed by atoms with van der Waals surface area (Å²) in [6.07, 6.45) is 2.27. The van der Waals surface area contributed by atoms with Crippen LogP contribution in [0.25, 0.3) is 0 Å². The van der Waals surface area contributed by atoms with E-state index in [0.29, 0.717) is 17.0 Å². The summed E-state index contributed by atoms with van der Waals surface area (Å²) in [6, 6.07) is 8.78. The molecular weight excluding hydrogens is 264 g/mol. The van der Waals surface area contributed by atoms with Crippen LogP contribution < -0.4 is 0 Å². The van der Waals surface area contributed by atoms with Crippen LogP contribution in [-0.4, -0.2) is 16.9 Å². The Morgan fingerprint density at radius 1 is 1.32 bits per heavy atom. The Morgan fingerprint density at radius 3 is 2.53 bits per heavy atom. The first-order valence-electron chi connectivity index (χ1n) is 6.12. The first-order chi connectivity index (χ1) is 8.95. The molecule has 0 bridgehead atoms. The minimum absolute atomic E-state index is 0.160. The molecule has 0 fully saturated rings. The number of benzene rings is 1. The molecule has 3 nitrogen and oxygen atoms in total. The van der Waals surface area contributed by atoms with Gasteiger partial charge in [0, 0.05) is 16.0 Å². The number of hydrogen-bond donors (Lipinski definition) is 1. The van der Waals surface area contributed by atoms with Crippen LogP contribution in [0.15, 0.2) is 41.4 Å². The molecule has 0 aromatic heterocycles. The van der Waals surface area contributed by atoms with Crippen molar-refractivity contribution in [3.05, 3.63) is 47.0 Å².